The molecule has 0 unspecified atom stereocenters. The van der Waals surface area contributed by atoms with Crippen LogP contribution in [0, 0.1) is 40.5 Å². The highest BCUT2D eigenvalue weighted by molar-refractivity contribution is 5.66. The molecule has 312 valence electrons. The quantitative estimate of drug-likeness (QED) is 0.0371. The molecule has 4 aromatic carbocycles. The number of hydrogen-bond acceptors (Lipinski definition) is 14. The van der Waals surface area contributed by atoms with Gasteiger partial charge in [-0.2, -0.15) is 0 Å². The third-order valence-corrected chi connectivity index (χ3v) is 9.26. The molecule has 0 spiro atoms. The molecule has 1 aliphatic carbocycles. The first-order chi connectivity index (χ1) is 28.2. The smallest absolute Gasteiger partial charge is 0.302 e. The minimum absolute atomic E-state index is 0.120. The molecule has 0 N–H and O–H groups in total. The van der Waals surface area contributed by atoms with Gasteiger partial charge in [0.1, 0.15) is 36.2 Å². The molecule has 0 saturated heterocycles. The molecular weight excluding hydrogens is 772 g/mol. The average molecular weight is 817 g/mol. The SMILES string of the molecule is CCCOc1c2cc([N+](=O)[O-])cc1Cc1cc([N+](=O)[O-])cc(c1OCCC)Cc1cc([N+](=O)[O-])cc(c1OCCOC(C)=O)Cc1cc([N+](=O)[O-])cc(c1OCCC)C2. The molecule has 0 radical (unpaired) electrons. The molecule has 0 amide bonds. The van der Waals surface area contributed by atoms with Crippen molar-refractivity contribution < 1.29 is 48.2 Å². The summed E-state index contributed by atoms with van der Waals surface area (Å²) in [6, 6.07) is 10.4. The Hall–Kier alpha value is -6.85. The van der Waals surface area contributed by atoms with Gasteiger partial charge in [0.15, 0.2) is 0 Å². The van der Waals surface area contributed by atoms with Crippen LogP contribution in [0.1, 0.15) is 91.5 Å². The van der Waals surface area contributed by atoms with E-state index in [4.69, 9.17) is 23.7 Å². The van der Waals surface area contributed by atoms with Crippen molar-refractivity contribution in [3.05, 3.63) is 133 Å². The lowest BCUT2D eigenvalue weighted by Gasteiger charge is -2.22. The average Bonchev–Trinajstić information content (AvgIpc) is 3.18. The minimum Gasteiger partial charge on any atom is -0.493 e. The van der Waals surface area contributed by atoms with Gasteiger partial charge in [0.05, 0.1) is 39.5 Å². The number of nitro groups is 4. The number of rotatable bonds is 17. The number of fused-ring (bicyclic) bond motifs is 8. The molecule has 18 nitrogen and oxygen atoms in total. The highest BCUT2D eigenvalue weighted by Gasteiger charge is 2.29. The lowest BCUT2D eigenvalue weighted by atomic mass is 9.90. The first kappa shape index (κ1) is 43.3. The fourth-order valence-electron chi connectivity index (χ4n) is 6.92. The molecule has 59 heavy (non-hydrogen) atoms. The highest BCUT2D eigenvalue weighted by Crippen LogP contribution is 2.43. The summed E-state index contributed by atoms with van der Waals surface area (Å²) < 4.78 is 30.2. The van der Waals surface area contributed by atoms with Gasteiger partial charge in [0.2, 0.25) is 0 Å². The zero-order valence-corrected chi connectivity index (χ0v) is 33.1. The van der Waals surface area contributed by atoms with Crippen LogP contribution in [0.15, 0.2) is 48.5 Å². The third-order valence-electron chi connectivity index (χ3n) is 9.26. The summed E-state index contributed by atoms with van der Waals surface area (Å²) >= 11 is 0. The summed E-state index contributed by atoms with van der Waals surface area (Å²) in [7, 11) is 0. The molecule has 0 aromatic heterocycles. The maximum absolute atomic E-state index is 12.5. The monoisotopic (exact) mass is 816 g/mol. The van der Waals surface area contributed by atoms with Gasteiger partial charge in [-0.25, -0.2) is 0 Å². The fourth-order valence-corrected chi connectivity index (χ4v) is 6.92. The zero-order valence-electron chi connectivity index (χ0n) is 33.1. The number of esters is 1. The largest absolute Gasteiger partial charge is 0.493 e. The Morgan fingerprint density at radius 1 is 0.441 bits per heavy atom. The topological polar surface area (TPSA) is 236 Å². The number of nitro benzene ring substituents is 4. The van der Waals surface area contributed by atoms with Gasteiger partial charge in [-0.05, 0) is 19.3 Å². The van der Waals surface area contributed by atoms with Crippen molar-refractivity contribution in [2.75, 3.05) is 33.0 Å². The maximum atomic E-state index is 12.5. The molecule has 8 bridgehead atoms. The molecule has 0 heterocycles. The van der Waals surface area contributed by atoms with Gasteiger partial charge < -0.3 is 23.7 Å². The van der Waals surface area contributed by atoms with Crippen LogP contribution in [-0.4, -0.2) is 58.7 Å². The number of non-ortho nitro benzene ring substituents is 4. The second-order valence-corrected chi connectivity index (χ2v) is 13.8. The Balaban J connectivity index is 1.95. The van der Waals surface area contributed by atoms with Crippen molar-refractivity contribution in [1.82, 2.24) is 0 Å². The number of ether oxygens (including phenoxy) is 5. The number of nitrogens with zero attached hydrogens (tertiary/aromatic N) is 4. The molecule has 0 fully saturated rings. The number of carbonyl (C=O) groups is 1. The number of hydrogen-bond donors (Lipinski definition) is 0. The standard InChI is InChI=1S/C41H44N4O14/c1-5-8-56-38-26-13-28-19-35(43(49)50)21-30(39(28)57-9-6-2)15-32-23-37(45(53)54)24-33(41(32)59-12-11-55-25(4)46)16-31-22-36(44(51)52)20-29(40(31)58-10-7-3)14-27(38)18-34(17-26)42(47)48/h17-24H,5-16H2,1-4H3. The van der Waals surface area contributed by atoms with Crippen LogP contribution >= 0.6 is 0 Å². The van der Waals surface area contributed by atoms with E-state index < -0.39 is 25.7 Å². The van der Waals surface area contributed by atoms with E-state index in [0.29, 0.717) is 30.4 Å². The van der Waals surface area contributed by atoms with E-state index in [1.807, 2.05) is 20.8 Å². The van der Waals surface area contributed by atoms with Gasteiger partial charge in [-0.15, -0.1) is 0 Å². The first-order valence-electron chi connectivity index (χ1n) is 19.1. The first-order valence-corrected chi connectivity index (χ1v) is 19.1. The summed E-state index contributed by atoms with van der Waals surface area (Å²) in [6.45, 7) is 7.01. The van der Waals surface area contributed by atoms with E-state index in [1.165, 1.54) is 55.5 Å². The Kier molecular flexibility index (Phi) is 14.3. The summed E-state index contributed by atoms with van der Waals surface area (Å²) in [5.41, 5.74) is 0.807. The Morgan fingerprint density at radius 2 is 0.661 bits per heavy atom. The molecule has 5 rings (SSSR count). The molecule has 4 aromatic rings. The zero-order chi connectivity index (χ0) is 42.8. The molecule has 0 aliphatic heterocycles. The number of benzene rings is 4. The maximum Gasteiger partial charge on any atom is 0.302 e. The predicted octanol–water partition coefficient (Wildman–Crippen LogP) is 8.30. The van der Waals surface area contributed by atoms with Crippen LogP contribution in [0.25, 0.3) is 0 Å². The van der Waals surface area contributed by atoms with Crippen molar-refractivity contribution in [3.8, 4) is 23.0 Å². The fraction of sp³-hybridized carbons (Fsp3) is 0.390. The minimum atomic E-state index is -0.605. The van der Waals surface area contributed by atoms with Gasteiger partial charge in [-0.1, -0.05) is 20.8 Å². The summed E-state index contributed by atoms with van der Waals surface area (Å²) in [6.07, 6.45) is 0.940. The predicted molar refractivity (Wildman–Crippen MR) is 213 cm³/mol. The van der Waals surface area contributed by atoms with Crippen molar-refractivity contribution in [2.24, 2.45) is 0 Å². The normalized spacial score (nSPS) is 11.9. The van der Waals surface area contributed by atoms with Crippen molar-refractivity contribution >= 4 is 28.7 Å². The van der Waals surface area contributed by atoms with Crippen LogP contribution in [0.5, 0.6) is 23.0 Å². The lowest BCUT2D eigenvalue weighted by Crippen LogP contribution is -2.13. The van der Waals surface area contributed by atoms with Crippen molar-refractivity contribution in [2.45, 2.75) is 72.6 Å². The van der Waals surface area contributed by atoms with E-state index in [-0.39, 0.29) is 138 Å². The molecular formula is C41H44N4O14. The number of carbonyl (C=O) groups excluding carboxylic acids is 1. The van der Waals surface area contributed by atoms with E-state index in [0.717, 1.165) is 0 Å². The van der Waals surface area contributed by atoms with Crippen LogP contribution in [0.2, 0.25) is 0 Å². The second-order valence-electron chi connectivity index (χ2n) is 13.8. The summed E-state index contributed by atoms with van der Waals surface area (Å²) in [4.78, 5) is 59.2. The van der Waals surface area contributed by atoms with E-state index in [9.17, 15) is 45.3 Å². The molecule has 1 aliphatic rings. The Labute approximate surface area is 338 Å². The van der Waals surface area contributed by atoms with Crippen molar-refractivity contribution in [3.63, 3.8) is 0 Å². The summed E-state index contributed by atoms with van der Waals surface area (Å²) in [5, 5.41) is 49.9. The van der Waals surface area contributed by atoms with Crippen LogP contribution < -0.4 is 18.9 Å². The van der Waals surface area contributed by atoms with Crippen LogP contribution in [0.4, 0.5) is 22.7 Å². The summed E-state index contributed by atoms with van der Waals surface area (Å²) in [5.74, 6) is 0.275. The third kappa shape index (κ3) is 10.6. The van der Waals surface area contributed by atoms with E-state index >= 15 is 0 Å². The van der Waals surface area contributed by atoms with Gasteiger partial charge in [0, 0.05) is 126 Å². The van der Waals surface area contributed by atoms with Gasteiger partial charge in [-0.3, -0.25) is 45.3 Å². The Morgan fingerprint density at radius 3 is 0.847 bits per heavy atom. The van der Waals surface area contributed by atoms with Crippen LogP contribution in [-0.2, 0) is 35.2 Å². The van der Waals surface area contributed by atoms with Gasteiger partial charge in [0.25, 0.3) is 22.7 Å². The van der Waals surface area contributed by atoms with E-state index in [2.05, 4.69) is 0 Å². The van der Waals surface area contributed by atoms with Crippen molar-refractivity contribution in [1.29, 1.82) is 0 Å². The Bertz CT molecular complexity index is 2150. The molecule has 0 atom stereocenters. The molecule has 0 saturated carbocycles. The van der Waals surface area contributed by atoms with E-state index in [1.54, 1.807) is 0 Å². The van der Waals surface area contributed by atoms with Crippen LogP contribution in [0.3, 0.4) is 0 Å². The van der Waals surface area contributed by atoms with Gasteiger partial charge >= 0.3 is 5.97 Å². The second kappa shape index (κ2) is 19.5. The lowest BCUT2D eigenvalue weighted by molar-refractivity contribution is -0.385. The highest BCUT2D eigenvalue weighted by atomic mass is 16.6. The molecule has 18 heteroatoms.